The number of ether oxygens (including phenoxy) is 1. The fraction of sp³-hybridized carbons (Fsp3) is 0.0833. The van der Waals surface area contributed by atoms with Crippen LogP contribution in [0.3, 0.4) is 0 Å². The van der Waals surface area contributed by atoms with Crippen LogP contribution < -0.4 is 0 Å². The summed E-state index contributed by atoms with van der Waals surface area (Å²) in [5, 5.41) is 9.34. The first-order valence-corrected chi connectivity index (χ1v) is 4.67. The van der Waals surface area contributed by atoms with Crippen LogP contribution in [0.5, 0.6) is 5.75 Å². The molecule has 0 bridgehead atoms. The Morgan fingerprint density at radius 3 is 2.81 bits per heavy atom. The van der Waals surface area contributed by atoms with Crippen LogP contribution in [0.2, 0.25) is 0 Å². The van der Waals surface area contributed by atoms with Gasteiger partial charge in [-0.15, -0.1) is 0 Å². The zero-order valence-corrected chi connectivity index (χ0v) is 8.64. The Hall–Kier alpha value is -2.23. The number of methoxy groups -OCH3 is 1. The van der Waals surface area contributed by atoms with E-state index in [-0.39, 0.29) is 11.3 Å². The lowest BCUT2D eigenvalue weighted by Gasteiger charge is -2.05. The van der Waals surface area contributed by atoms with Gasteiger partial charge >= 0.3 is 5.97 Å². The van der Waals surface area contributed by atoms with Gasteiger partial charge in [-0.3, -0.25) is 0 Å². The van der Waals surface area contributed by atoms with E-state index in [9.17, 15) is 9.90 Å². The highest BCUT2D eigenvalue weighted by Crippen LogP contribution is 2.27. The maximum absolute atomic E-state index is 11.5. The maximum Gasteiger partial charge on any atom is 0.338 e. The van der Waals surface area contributed by atoms with E-state index in [2.05, 4.69) is 4.74 Å². The fourth-order valence-electron chi connectivity index (χ4n) is 1.46. The summed E-state index contributed by atoms with van der Waals surface area (Å²) < 4.78 is 9.84. The summed E-state index contributed by atoms with van der Waals surface area (Å²) in [5.74, 6) is 0.0541. The largest absolute Gasteiger partial charge is 0.508 e. The van der Waals surface area contributed by atoms with Crippen LogP contribution in [-0.4, -0.2) is 18.2 Å². The van der Waals surface area contributed by atoms with Crippen molar-refractivity contribution in [3.63, 3.8) is 0 Å². The molecule has 0 aliphatic carbocycles. The standard InChI is InChI=1S/C12H10O4/c1-15-12(14)10-7-8(13)4-5-9(10)11-3-2-6-16-11/h2-7,13H,1H3. The van der Waals surface area contributed by atoms with E-state index in [4.69, 9.17) is 4.42 Å². The Kier molecular flexibility index (Phi) is 2.64. The lowest BCUT2D eigenvalue weighted by Crippen LogP contribution is -2.03. The van der Waals surface area contributed by atoms with Crippen LogP contribution in [-0.2, 0) is 4.74 Å². The first-order chi connectivity index (χ1) is 7.72. The summed E-state index contributed by atoms with van der Waals surface area (Å²) in [7, 11) is 1.29. The third kappa shape index (κ3) is 1.77. The smallest absolute Gasteiger partial charge is 0.338 e. The second kappa shape index (κ2) is 4.10. The fourth-order valence-corrected chi connectivity index (χ4v) is 1.46. The molecule has 0 amide bonds. The minimum atomic E-state index is -0.512. The minimum Gasteiger partial charge on any atom is -0.508 e. The number of rotatable bonds is 2. The quantitative estimate of drug-likeness (QED) is 0.786. The number of carbonyl (C=O) groups is 1. The van der Waals surface area contributed by atoms with Crippen molar-refractivity contribution < 1.29 is 19.1 Å². The van der Waals surface area contributed by atoms with Crippen molar-refractivity contribution in [3.8, 4) is 17.1 Å². The molecule has 4 heteroatoms. The second-order valence-electron chi connectivity index (χ2n) is 3.20. The molecule has 0 fully saturated rings. The molecule has 0 radical (unpaired) electrons. The molecular formula is C12H10O4. The molecule has 0 saturated heterocycles. The average molecular weight is 218 g/mol. The van der Waals surface area contributed by atoms with Crippen molar-refractivity contribution in [1.82, 2.24) is 0 Å². The first-order valence-electron chi connectivity index (χ1n) is 4.67. The SMILES string of the molecule is COC(=O)c1cc(O)ccc1-c1ccco1. The van der Waals surface area contributed by atoms with Crippen LogP contribution in [0, 0.1) is 0 Å². The Balaban J connectivity index is 2.57. The lowest BCUT2D eigenvalue weighted by atomic mass is 10.1. The topological polar surface area (TPSA) is 59.7 Å². The number of hydrogen-bond acceptors (Lipinski definition) is 4. The molecule has 82 valence electrons. The molecule has 1 heterocycles. The molecule has 0 spiro atoms. The van der Waals surface area contributed by atoms with Gasteiger partial charge in [-0.25, -0.2) is 4.79 Å². The molecule has 1 aromatic carbocycles. The Morgan fingerprint density at radius 2 is 2.19 bits per heavy atom. The number of aromatic hydroxyl groups is 1. The summed E-state index contributed by atoms with van der Waals surface area (Å²) >= 11 is 0. The van der Waals surface area contributed by atoms with Gasteiger partial charge in [-0.1, -0.05) is 0 Å². The van der Waals surface area contributed by atoms with Crippen LogP contribution in [0.4, 0.5) is 0 Å². The predicted octanol–water partition coefficient (Wildman–Crippen LogP) is 2.44. The highest BCUT2D eigenvalue weighted by atomic mass is 16.5. The Labute approximate surface area is 92.1 Å². The molecule has 0 unspecified atom stereocenters. The van der Waals surface area contributed by atoms with Crippen molar-refractivity contribution in [3.05, 3.63) is 42.2 Å². The van der Waals surface area contributed by atoms with Gasteiger partial charge in [0.2, 0.25) is 0 Å². The monoisotopic (exact) mass is 218 g/mol. The molecule has 4 nitrogen and oxygen atoms in total. The maximum atomic E-state index is 11.5. The third-order valence-electron chi connectivity index (χ3n) is 2.20. The number of furan rings is 1. The van der Waals surface area contributed by atoms with E-state index in [0.29, 0.717) is 11.3 Å². The number of phenols is 1. The number of carbonyl (C=O) groups excluding carboxylic acids is 1. The van der Waals surface area contributed by atoms with Crippen molar-refractivity contribution >= 4 is 5.97 Å². The van der Waals surface area contributed by atoms with Crippen molar-refractivity contribution in [2.75, 3.05) is 7.11 Å². The van der Waals surface area contributed by atoms with Crippen LogP contribution in [0.25, 0.3) is 11.3 Å². The molecular weight excluding hydrogens is 208 g/mol. The van der Waals surface area contributed by atoms with Gasteiger partial charge in [0.05, 0.1) is 18.9 Å². The van der Waals surface area contributed by atoms with Gasteiger partial charge in [0.1, 0.15) is 11.5 Å². The van der Waals surface area contributed by atoms with E-state index in [1.807, 2.05) is 0 Å². The molecule has 1 aromatic heterocycles. The van der Waals surface area contributed by atoms with Gasteiger partial charge in [-0.2, -0.15) is 0 Å². The molecule has 16 heavy (non-hydrogen) atoms. The number of hydrogen-bond donors (Lipinski definition) is 1. The Morgan fingerprint density at radius 1 is 1.38 bits per heavy atom. The second-order valence-corrected chi connectivity index (χ2v) is 3.20. The zero-order chi connectivity index (χ0) is 11.5. The third-order valence-corrected chi connectivity index (χ3v) is 2.20. The van der Waals surface area contributed by atoms with Crippen molar-refractivity contribution in [1.29, 1.82) is 0 Å². The summed E-state index contributed by atoms with van der Waals surface area (Å²) in [6, 6.07) is 7.91. The highest BCUT2D eigenvalue weighted by molar-refractivity contribution is 5.97. The number of esters is 1. The summed E-state index contributed by atoms with van der Waals surface area (Å²) in [4.78, 5) is 11.5. The van der Waals surface area contributed by atoms with Gasteiger partial charge in [0.15, 0.2) is 0 Å². The van der Waals surface area contributed by atoms with E-state index in [1.165, 1.54) is 25.5 Å². The van der Waals surface area contributed by atoms with Crippen LogP contribution in [0.15, 0.2) is 41.0 Å². The molecule has 0 aliphatic heterocycles. The van der Waals surface area contributed by atoms with Crippen LogP contribution in [0.1, 0.15) is 10.4 Å². The Bertz CT molecular complexity index is 500. The molecule has 2 aromatic rings. The normalized spacial score (nSPS) is 10.1. The van der Waals surface area contributed by atoms with E-state index in [0.717, 1.165) is 0 Å². The molecule has 2 rings (SSSR count). The van der Waals surface area contributed by atoms with Gasteiger partial charge in [0, 0.05) is 5.56 Å². The summed E-state index contributed by atoms with van der Waals surface area (Å²) in [5.41, 5.74) is 0.868. The molecule has 0 aliphatic rings. The van der Waals surface area contributed by atoms with E-state index >= 15 is 0 Å². The van der Waals surface area contributed by atoms with Crippen LogP contribution >= 0.6 is 0 Å². The first kappa shape index (κ1) is 10.3. The van der Waals surface area contributed by atoms with Crippen molar-refractivity contribution in [2.45, 2.75) is 0 Å². The van der Waals surface area contributed by atoms with Gasteiger partial charge in [-0.05, 0) is 30.3 Å². The summed E-state index contributed by atoms with van der Waals surface area (Å²) in [6.45, 7) is 0. The molecule has 0 saturated carbocycles. The lowest BCUT2D eigenvalue weighted by molar-refractivity contribution is 0.0601. The minimum absolute atomic E-state index is 0.00991. The van der Waals surface area contributed by atoms with Gasteiger partial charge in [0.25, 0.3) is 0 Å². The summed E-state index contributed by atoms with van der Waals surface area (Å²) in [6.07, 6.45) is 1.52. The molecule has 1 N–H and O–H groups in total. The van der Waals surface area contributed by atoms with Crippen molar-refractivity contribution in [2.24, 2.45) is 0 Å². The highest BCUT2D eigenvalue weighted by Gasteiger charge is 2.15. The zero-order valence-electron chi connectivity index (χ0n) is 8.64. The number of benzene rings is 1. The van der Waals surface area contributed by atoms with E-state index in [1.54, 1.807) is 18.2 Å². The van der Waals surface area contributed by atoms with Gasteiger partial charge < -0.3 is 14.3 Å². The average Bonchev–Trinajstić information content (AvgIpc) is 2.81. The van der Waals surface area contributed by atoms with E-state index < -0.39 is 5.97 Å². The number of phenolic OH excluding ortho intramolecular Hbond substituents is 1. The molecule has 0 atom stereocenters. The predicted molar refractivity (Wildman–Crippen MR) is 57.1 cm³/mol.